The van der Waals surface area contributed by atoms with Crippen molar-refractivity contribution in [3.63, 3.8) is 0 Å². The van der Waals surface area contributed by atoms with Gasteiger partial charge in [-0.2, -0.15) is 0 Å². The van der Waals surface area contributed by atoms with E-state index in [1.54, 1.807) is 36.2 Å². The third kappa shape index (κ3) is 5.70. The van der Waals surface area contributed by atoms with Crippen molar-refractivity contribution in [2.75, 3.05) is 13.3 Å². The molecule has 0 spiro atoms. The Morgan fingerprint density at radius 1 is 1.00 bits per heavy atom. The van der Waals surface area contributed by atoms with Crippen molar-refractivity contribution in [3.05, 3.63) is 70.8 Å². The molecule has 0 N–H and O–H groups in total. The minimum absolute atomic E-state index is 0.0634. The smallest absolute Gasteiger partial charge is 0.253 e. The molecule has 0 heterocycles. The molecule has 0 aliphatic heterocycles. The van der Waals surface area contributed by atoms with Crippen LogP contribution in [0.25, 0.3) is 0 Å². The molecular formula is C21H27NO3S. The van der Waals surface area contributed by atoms with Gasteiger partial charge in [0.05, 0.1) is 5.75 Å². The standard InChI is InChI=1S/C21H27NO3S/c1-21(2,3)19-11-9-16(10-12-19)14-22(4)20(23)18-8-6-7-17(13-18)15-26(5,24)25/h6-13H,14-15H2,1-5H3. The van der Waals surface area contributed by atoms with Gasteiger partial charge in [-0.15, -0.1) is 0 Å². The van der Waals surface area contributed by atoms with E-state index in [-0.39, 0.29) is 17.1 Å². The summed E-state index contributed by atoms with van der Waals surface area (Å²) in [6, 6.07) is 15.1. The van der Waals surface area contributed by atoms with Crippen molar-refractivity contribution in [1.82, 2.24) is 4.90 Å². The van der Waals surface area contributed by atoms with Crippen LogP contribution in [0, 0.1) is 0 Å². The zero-order valence-corrected chi connectivity index (χ0v) is 16.9. The summed E-state index contributed by atoms with van der Waals surface area (Å²) in [7, 11) is -1.38. The fourth-order valence-corrected chi connectivity index (χ4v) is 3.56. The second kappa shape index (κ2) is 7.62. The second-order valence-corrected chi connectivity index (χ2v) is 10.0. The molecule has 0 saturated carbocycles. The fourth-order valence-electron chi connectivity index (χ4n) is 2.77. The van der Waals surface area contributed by atoms with Crippen molar-refractivity contribution in [3.8, 4) is 0 Å². The van der Waals surface area contributed by atoms with Gasteiger partial charge in [0.15, 0.2) is 9.84 Å². The van der Waals surface area contributed by atoms with Crippen LogP contribution in [0.5, 0.6) is 0 Å². The van der Waals surface area contributed by atoms with Gasteiger partial charge in [0.2, 0.25) is 0 Å². The molecular weight excluding hydrogens is 346 g/mol. The van der Waals surface area contributed by atoms with E-state index in [0.29, 0.717) is 17.7 Å². The SMILES string of the molecule is CN(Cc1ccc(C(C)(C)C)cc1)C(=O)c1cccc(CS(C)(=O)=O)c1. The minimum Gasteiger partial charge on any atom is -0.337 e. The van der Waals surface area contributed by atoms with E-state index >= 15 is 0 Å². The molecule has 2 aromatic carbocycles. The monoisotopic (exact) mass is 373 g/mol. The number of carbonyl (C=O) groups is 1. The number of benzene rings is 2. The minimum atomic E-state index is -3.13. The highest BCUT2D eigenvalue weighted by atomic mass is 32.2. The fraction of sp³-hybridized carbons (Fsp3) is 0.381. The Bertz CT molecular complexity index is 878. The Balaban J connectivity index is 2.11. The first-order valence-corrected chi connectivity index (χ1v) is 10.6. The van der Waals surface area contributed by atoms with E-state index < -0.39 is 9.84 Å². The molecule has 0 saturated heterocycles. The zero-order valence-electron chi connectivity index (χ0n) is 16.1. The van der Waals surface area contributed by atoms with Crippen LogP contribution in [-0.4, -0.2) is 32.5 Å². The van der Waals surface area contributed by atoms with Crippen molar-refractivity contribution in [2.45, 2.75) is 38.5 Å². The molecule has 1 amide bonds. The Morgan fingerprint density at radius 3 is 2.15 bits per heavy atom. The van der Waals surface area contributed by atoms with Gasteiger partial charge in [0.25, 0.3) is 5.91 Å². The molecule has 4 nitrogen and oxygen atoms in total. The number of carbonyl (C=O) groups excluding carboxylic acids is 1. The van der Waals surface area contributed by atoms with Crippen molar-refractivity contribution in [2.24, 2.45) is 0 Å². The number of hydrogen-bond donors (Lipinski definition) is 0. The molecule has 0 bridgehead atoms. The normalized spacial score (nSPS) is 12.0. The molecule has 0 aliphatic rings. The first-order valence-electron chi connectivity index (χ1n) is 8.57. The van der Waals surface area contributed by atoms with Crippen LogP contribution in [0.2, 0.25) is 0 Å². The molecule has 26 heavy (non-hydrogen) atoms. The lowest BCUT2D eigenvalue weighted by molar-refractivity contribution is 0.0785. The maximum Gasteiger partial charge on any atom is 0.253 e. The van der Waals surface area contributed by atoms with E-state index in [4.69, 9.17) is 0 Å². The largest absolute Gasteiger partial charge is 0.337 e. The van der Waals surface area contributed by atoms with E-state index in [1.807, 2.05) is 12.1 Å². The maximum atomic E-state index is 12.7. The molecule has 5 heteroatoms. The van der Waals surface area contributed by atoms with Crippen LogP contribution in [0.4, 0.5) is 0 Å². The van der Waals surface area contributed by atoms with Crippen molar-refractivity contribution < 1.29 is 13.2 Å². The maximum absolute atomic E-state index is 12.7. The third-order valence-corrected chi connectivity index (χ3v) is 5.05. The highest BCUT2D eigenvalue weighted by molar-refractivity contribution is 7.89. The molecule has 2 aromatic rings. The molecule has 140 valence electrons. The molecule has 0 fully saturated rings. The number of amides is 1. The summed E-state index contributed by atoms with van der Waals surface area (Å²) < 4.78 is 22.9. The Labute approximate surface area is 156 Å². The summed E-state index contributed by atoms with van der Waals surface area (Å²) >= 11 is 0. The Morgan fingerprint density at radius 2 is 1.62 bits per heavy atom. The van der Waals surface area contributed by atoms with E-state index in [2.05, 4.69) is 32.9 Å². The van der Waals surface area contributed by atoms with Crippen LogP contribution in [0.1, 0.15) is 47.8 Å². The molecule has 2 rings (SSSR count). The molecule has 0 aliphatic carbocycles. The zero-order chi connectivity index (χ0) is 19.5. The Kier molecular flexibility index (Phi) is 5.91. The summed E-state index contributed by atoms with van der Waals surface area (Å²) in [4.78, 5) is 14.3. The highest BCUT2D eigenvalue weighted by Gasteiger charge is 2.16. The summed E-state index contributed by atoms with van der Waals surface area (Å²) in [5.41, 5.74) is 3.53. The summed E-state index contributed by atoms with van der Waals surface area (Å²) in [6.45, 7) is 7.00. The van der Waals surface area contributed by atoms with Gasteiger partial charge in [0.1, 0.15) is 0 Å². The van der Waals surface area contributed by atoms with Crippen molar-refractivity contribution in [1.29, 1.82) is 0 Å². The van der Waals surface area contributed by atoms with E-state index in [9.17, 15) is 13.2 Å². The Hall–Kier alpha value is -2.14. The first-order chi connectivity index (χ1) is 12.0. The third-order valence-electron chi connectivity index (χ3n) is 4.19. The molecule has 0 unspecified atom stereocenters. The van der Waals surface area contributed by atoms with Crippen LogP contribution in [-0.2, 0) is 27.5 Å². The summed E-state index contributed by atoms with van der Waals surface area (Å²) in [5.74, 6) is -0.188. The quantitative estimate of drug-likeness (QED) is 0.801. The van der Waals surface area contributed by atoms with Gasteiger partial charge in [-0.1, -0.05) is 57.2 Å². The summed E-state index contributed by atoms with van der Waals surface area (Å²) in [6.07, 6.45) is 1.19. The lowest BCUT2D eigenvalue weighted by Crippen LogP contribution is -2.26. The van der Waals surface area contributed by atoms with Gasteiger partial charge >= 0.3 is 0 Å². The molecule has 0 aromatic heterocycles. The van der Waals surface area contributed by atoms with E-state index in [0.717, 1.165) is 5.56 Å². The number of sulfone groups is 1. The number of rotatable bonds is 5. The first kappa shape index (κ1) is 20.2. The second-order valence-electron chi connectivity index (χ2n) is 7.88. The number of hydrogen-bond acceptors (Lipinski definition) is 3. The van der Waals surface area contributed by atoms with Gasteiger partial charge < -0.3 is 4.90 Å². The number of nitrogens with zero attached hydrogens (tertiary/aromatic N) is 1. The molecule has 0 atom stereocenters. The lowest BCUT2D eigenvalue weighted by Gasteiger charge is -2.21. The van der Waals surface area contributed by atoms with Crippen LogP contribution >= 0.6 is 0 Å². The topological polar surface area (TPSA) is 54.5 Å². The summed E-state index contributed by atoms with van der Waals surface area (Å²) in [5, 5.41) is 0. The average Bonchev–Trinajstić information content (AvgIpc) is 2.52. The van der Waals surface area contributed by atoms with Crippen molar-refractivity contribution >= 4 is 15.7 Å². The van der Waals surface area contributed by atoms with Crippen LogP contribution < -0.4 is 0 Å². The lowest BCUT2D eigenvalue weighted by atomic mass is 9.87. The van der Waals surface area contributed by atoms with Gasteiger partial charge in [-0.25, -0.2) is 8.42 Å². The van der Waals surface area contributed by atoms with Gasteiger partial charge in [-0.3, -0.25) is 4.79 Å². The predicted octanol–water partition coefficient (Wildman–Crippen LogP) is 3.80. The van der Waals surface area contributed by atoms with Crippen LogP contribution in [0.15, 0.2) is 48.5 Å². The van der Waals surface area contributed by atoms with E-state index in [1.165, 1.54) is 11.8 Å². The van der Waals surface area contributed by atoms with Gasteiger partial charge in [0, 0.05) is 25.4 Å². The molecule has 0 radical (unpaired) electrons. The highest BCUT2D eigenvalue weighted by Crippen LogP contribution is 2.22. The average molecular weight is 374 g/mol. The van der Waals surface area contributed by atoms with Crippen LogP contribution in [0.3, 0.4) is 0 Å². The predicted molar refractivity (Wildman–Crippen MR) is 106 cm³/mol. The van der Waals surface area contributed by atoms with Gasteiger partial charge in [-0.05, 0) is 34.2 Å².